The number of ether oxygens (including phenoxy) is 1. The van der Waals surface area contributed by atoms with Crippen molar-refractivity contribution in [2.75, 3.05) is 7.11 Å². The number of carbonyl (C=O) groups excluding carboxylic acids is 1. The highest BCUT2D eigenvalue weighted by Crippen LogP contribution is 2.34. The van der Waals surface area contributed by atoms with E-state index >= 15 is 0 Å². The molecule has 2 rings (SSSR count). The molecular formula is C21H26O2. The first-order valence-electron chi connectivity index (χ1n) is 8.13. The minimum absolute atomic E-state index is 0.196. The lowest BCUT2D eigenvalue weighted by molar-refractivity contribution is 0.0600. The third-order valence-corrected chi connectivity index (χ3v) is 4.29. The molecule has 0 saturated carbocycles. The Kier molecular flexibility index (Phi) is 5.59. The van der Waals surface area contributed by atoms with Crippen molar-refractivity contribution >= 4 is 5.97 Å². The smallest absolute Gasteiger partial charge is 0.337 e. The fourth-order valence-electron chi connectivity index (χ4n) is 3.23. The molecule has 2 nitrogen and oxygen atoms in total. The second kappa shape index (κ2) is 7.45. The van der Waals surface area contributed by atoms with Gasteiger partial charge in [0, 0.05) is 0 Å². The van der Waals surface area contributed by atoms with Crippen molar-refractivity contribution in [3.05, 3.63) is 71.3 Å². The second-order valence-corrected chi connectivity index (χ2v) is 7.05. The van der Waals surface area contributed by atoms with Gasteiger partial charge >= 0.3 is 5.97 Å². The van der Waals surface area contributed by atoms with Gasteiger partial charge in [-0.3, -0.25) is 0 Å². The Bertz CT molecular complexity index is 627. The van der Waals surface area contributed by atoms with Gasteiger partial charge in [-0.1, -0.05) is 63.2 Å². The van der Waals surface area contributed by atoms with Gasteiger partial charge in [0.25, 0.3) is 0 Å². The van der Waals surface area contributed by atoms with Gasteiger partial charge in [-0.2, -0.15) is 0 Å². The molecule has 1 unspecified atom stereocenters. The van der Waals surface area contributed by atoms with Crippen LogP contribution in [-0.2, 0) is 11.2 Å². The zero-order valence-electron chi connectivity index (χ0n) is 14.5. The van der Waals surface area contributed by atoms with E-state index in [-0.39, 0.29) is 11.4 Å². The van der Waals surface area contributed by atoms with Gasteiger partial charge in [0.15, 0.2) is 0 Å². The summed E-state index contributed by atoms with van der Waals surface area (Å²) in [7, 11) is 1.41. The summed E-state index contributed by atoms with van der Waals surface area (Å²) in [5.41, 5.74) is 3.44. The molecule has 0 radical (unpaired) electrons. The van der Waals surface area contributed by atoms with Crippen LogP contribution in [0.1, 0.15) is 54.6 Å². The van der Waals surface area contributed by atoms with E-state index in [0.29, 0.717) is 11.5 Å². The number of methoxy groups -OCH3 is 1. The van der Waals surface area contributed by atoms with E-state index < -0.39 is 0 Å². The van der Waals surface area contributed by atoms with Gasteiger partial charge in [0.1, 0.15) is 0 Å². The Balaban J connectivity index is 2.01. The number of esters is 1. The third kappa shape index (κ3) is 4.95. The molecule has 2 heteroatoms. The average Bonchev–Trinajstić information content (AvgIpc) is 2.54. The normalized spacial score (nSPS) is 12.7. The quantitative estimate of drug-likeness (QED) is 0.682. The van der Waals surface area contributed by atoms with Crippen molar-refractivity contribution in [1.29, 1.82) is 0 Å². The van der Waals surface area contributed by atoms with Crippen molar-refractivity contribution in [1.82, 2.24) is 0 Å². The first kappa shape index (κ1) is 17.3. The summed E-state index contributed by atoms with van der Waals surface area (Å²) in [6, 6.07) is 18.4. The lowest BCUT2D eigenvalue weighted by Crippen LogP contribution is -2.18. The molecular weight excluding hydrogens is 284 g/mol. The maximum atomic E-state index is 11.5. The van der Waals surface area contributed by atoms with Gasteiger partial charge in [-0.15, -0.1) is 0 Å². The van der Waals surface area contributed by atoms with Gasteiger partial charge in [0.05, 0.1) is 12.7 Å². The fraction of sp³-hybridized carbons (Fsp3) is 0.381. The molecule has 0 N–H and O–H groups in total. The number of benzene rings is 2. The summed E-state index contributed by atoms with van der Waals surface area (Å²) in [5, 5.41) is 0. The molecule has 0 aliphatic rings. The third-order valence-electron chi connectivity index (χ3n) is 4.29. The summed E-state index contributed by atoms with van der Waals surface area (Å²) < 4.78 is 4.74. The lowest BCUT2D eigenvalue weighted by Gasteiger charge is -2.28. The Labute approximate surface area is 139 Å². The maximum Gasteiger partial charge on any atom is 0.337 e. The predicted octanol–water partition coefficient (Wildman–Crippen LogP) is 5.24. The van der Waals surface area contributed by atoms with Gasteiger partial charge < -0.3 is 4.74 Å². The molecule has 23 heavy (non-hydrogen) atoms. The summed E-state index contributed by atoms with van der Waals surface area (Å²) in [4.78, 5) is 11.5. The van der Waals surface area contributed by atoms with Crippen LogP contribution < -0.4 is 0 Å². The highest BCUT2D eigenvalue weighted by Gasteiger charge is 2.22. The molecule has 122 valence electrons. The molecule has 0 aromatic heterocycles. The van der Waals surface area contributed by atoms with E-state index in [2.05, 4.69) is 51.1 Å². The Morgan fingerprint density at radius 2 is 1.65 bits per heavy atom. The van der Waals surface area contributed by atoms with Crippen LogP contribution in [0.3, 0.4) is 0 Å². The van der Waals surface area contributed by atoms with Crippen molar-refractivity contribution in [2.45, 2.75) is 39.5 Å². The second-order valence-electron chi connectivity index (χ2n) is 7.05. The molecule has 0 fully saturated rings. The molecule has 0 bridgehead atoms. The van der Waals surface area contributed by atoms with Crippen LogP contribution in [0.25, 0.3) is 0 Å². The van der Waals surface area contributed by atoms with Crippen LogP contribution in [0.15, 0.2) is 54.6 Å². The number of hydrogen-bond acceptors (Lipinski definition) is 2. The Morgan fingerprint density at radius 3 is 2.22 bits per heavy atom. The van der Waals surface area contributed by atoms with Gasteiger partial charge in [-0.05, 0) is 47.4 Å². The largest absolute Gasteiger partial charge is 0.465 e. The van der Waals surface area contributed by atoms with Gasteiger partial charge in [-0.25, -0.2) is 4.79 Å². The Morgan fingerprint density at radius 1 is 1.04 bits per heavy atom. The summed E-state index contributed by atoms with van der Waals surface area (Å²) >= 11 is 0. The molecule has 0 saturated heterocycles. The summed E-state index contributed by atoms with van der Waals surface area (Å²) in [5.74, 6) is 0.244. The van der Waals surface area contributed by atoms with Crippen LogP contribution in [0.2, 0.25) is 0 Å². The van der Waals surface area contributed by atoms with Crippen LogP contribution in [-0.4, -0.2) is 13.1 Å². The molecule has 0 aliphatic heterocycles. The summed E-state index contributed by atoms with van der Waals surface area (Å²) in [6.07, 6.45) is 2.11. The van der Waals surface area contributed by atoms with E-state index in [1.165, 1.54) is 18.2 Å². The minimum Gasteiger partial charge on any atom is -0.465 e. The van der Waals surface area contributed by atoms with Crippen LogP contribution >= 0.6 is 0 Å². The van der Waals surface area contributed by atoms with E-state index in [4.69, 9.17) is 4.74 Å². The topological polar surface area (TPSA) is 26.3 Å². The van der Waals surface area contributed by atoms with Crippen molar-refractivity contribution < 1.29 is 9.53 Å². The lowest BCUT2D eigenvalue weighted by atomic mass is 9.76. The molecule has 2 aromatic rings. The molecule has 1 atom stereocenters. The van der Waals surface area contributed by atoms with Crippen LogP contribution in [0.5, 0.6) is 0 Å². The van der Waals surface area contributed by atoms with Crippen molar-refractivity contribution in [3.8, 4) is 0 Å². The predicted molar refractivity (Wildman–Crippen MR) is 94.7 cm³/mol. The van der Waals surface area contributed by atoms with E-state index in [1.54, 1.807) is 0 Å². The van der Waals surface area contributed by atoms with Gasteiger partial charge in [0.2, 0.25) is 0 Å². The molecule has 0 amide bonds. The highest BCUT2D eigenvalue weighted by molar-refractivity contribution is 5.89. The first-order chi connectivity index (χ1) is 10.9. The molecule has 0 aliphatic carbocycles. The van der Waals surface area contributed by atoms with E-state index in [0.717, 1.165) is 12.8 Å². The molecule has 2 aromatic carbocycles. The fourth-order valence-corrected chi connectivity index (χ4v) is 3.23. The number of carbonyl (C=O) groups is 1. The minimum atomic E-state index is -0.284. The van der Waals surface area contributed by atoms with Crippen LogP contribution in [0.4, 0.5) is 0 Å². The number of hydrogen-bond donors (Lipinski definition) is 0. The SMILES string of the molecule is COC(=O)c1ccc(CC(C)(C)CC(C)c2ccccc2)cc1. The van der Waals surface area contributed by atoms with Crippen LogP contribution in [0, 0.1) is 5.41 Å². The van der Waals surface area contributed by atoms with Crippen molar-refractivity contribution in [2.24, 2.45) is 5.41 Å². The maximum absolute atomic E-state index is 11.5. The zero-order chi connectivity index (χ0) is 16.9. The summed E-state index contributed by atoms with van der Waals surface area (Å²) in [6.45, 7) is 6.90. The average molecular weight is 310 g/mol. The molecule has 0 spiro atoms. The Hall–Kier alpha value is -2.09. The zero-order valence-corrected chi connectivity index (χ0v) is 14.5. The van der Waals surface area contributed by atoms with E-state index in [9.17, 15) is 4.79 Å². The molecule has 0 heterocycles. The monoisotopic (exact) mass is 310 g/mol. The number of rotatable bonds is 6. The van der Waals surface area contributed by atoms with Crippen molar-refractivity contribution in [3.63, 3.8) is 0 Å². The standard InChI is InChI=1S/C21H26O2/c1-16(18-8-6-5-7-9-18)14-21(2,3)15-17-10-12-19(13-11-17)20(22)23-4/h5-13,16H,14-15H2,1-4H3. The highest BCUT2D eigenvalue weighted by atomic mass is 16.5. The van der Waals surface area contributed by atoms with E-state index in [1.807, 2.05) is 24.3 Å². The first-order valence-corrected chi connectivity index (χ1v) is 8.13.